The number of fused-ring (bicyclic) bond motifs is 1. The number of aromatic nitrogens is 2. The van der Waals surface area contributed by atoms with Crippen molar-refractivity contribution in [1.82, 2.24) is 15.5 Å². The van der Waals surface area contributed by atoms with Crippen molar-refractivity contribution in [3.8, 4) is 11.3 Å². The number of nitrogens with zero attached hydrogens (tertiary/aromatic N) is 2. The van der Waals surface area contributed by atoms with Gasteiger partial charge < -0.3 is 9.84 Å². The predicted molar refractivity (Wildman–Crippen MR) is 89.2 cm³/mol. The summed E-state index contributed by atoms with van der Waals surface area (Å²) < 4.78 is 19.4. The third-order valence-electron chi connectivity index (χ3n) is 3.94. The fourth-order valence-electron chi connectivity index (χ4n) is 2.49. The molecule has 0 spiro atoms. The number of pyridine rings is 1. The Morgan fingerprint density at radius 3 is 2.83 bits per heavy atom. The number of hydrogen-bond acceptors (Lipinski definition) is 4. The molecule has 0 aliphatic rings. The Bertz CT molecular complexity index is 904. The maximum atomic E-state index is 14.2. The van der Waals surface area contributed by atoms with E-state index in [0.717, 1.165) is 6.42 Å². The minimum absolute atomic E-state index is 0.0257. The Morgan fingerprint density at radius 1 is 1.38 bits per heavy atom. The third kappa shape index (κ3) is 2.87. The van der Waals surface area contributed by atoms with Crippen molar-refractivity contribution < 1.29 is 13.7 Å². The van der Waals surface area contributed by atoms with Crippen LogP contribution in [0, 0.1) is 12.7 Å². The topological polar surface area (TPSA) is 68.0 Å². The van der Waals surface area contributed by atoms with Gasteiger partial charge >= 0.3 is 0 Å². The molecule has 5 nitrogen and oxygen atoms in total. The summed E-state index contributed by atoms with van der Waals surface area (Å²) >= 11 is 0. The SMILES string of the molecule is CC[C@H](C)NC(=O)c1cc(C)nc2onc(-c3ccccc3F)c12. The summed E-state index contributed by atoms with van der Waals surface area (Å²) in [5, 5.41) is 7.29. The lowest BCUT2D eigenvalue weighted by atomic mass is 10.0. The highest BCUT2D eigenvalue weighted by Crippen LogP contribution is 2.31. The van der Waals surface area contributed by atoms with E-state index in [1.54, 1.807) is 31.2 Å². The lowest BCUT2D eigenvalue weighted by molar-refractivity contribution is 0.0940. The van der Waals surface area contributed by atoms with Gasteiger partial charge in [-0.1, -0.05) is 24.2 Å². The highest BCUT2D eigenvalue weighted by Gasteiger charge is 2.22. The van der Waals surface area contributed by atoms with E-state index in [9.17, 15) is 9.18 Å². The van der Waals surface area contributed by atoms with Gasteiger partial charge in [0.1, 0.15) is 11.5 Å². The first kappa shape index (κ1) is 16.1. The molecule has 0 saturated carbocycles. The first-order valence-electron chi connectivity index (χ1n) is 7.84. The summed E-state index contributed by atoms with van der Waals surface area (Å²) in [5.41, 5.74) is 1.80. The van der Waals surface area contributed by atoms with E-state index in [2.05, 4.69) is 15.5 Å². The van der Waals surface area contributed by atoms with E-state index in [4.69, 9.17) is 4.52 Å². The monoisotopic (exact) mass is 327 g/mol. The van der Waals surface area contributed by atoms with Gasteiger partial charge in [0, 0.05) is 17.3 Å². The Labute approximate surface area is 138 Å². The van der Waals surface area contributed by atoms with Crippen molar-refractivity contribution in [2.24, 2.45) is 0 Å². The molecule has 2 heterocycles. The van der Waals surface area contributed by atoms with Gasteiger partial charge in [0.05, 0.1) is 10.9 Å². The first-order valence-corrected chi connectivity index (χ1v) is 7.84. The van der Waals surface area contributed by atoms with Gasteiger partial charge in [0.2, 0.25) is 0 Å². The molecule has 0 unspecified atom stereocenters. The number of rotatable bonds is 4. The quantitative estimate of drug-likeness (QED) is 0.790. The lowest BCUT2D eigenvalue weighted by Crippen LogP contribution is -2.32. The summed E-state index contributed by atoms with van der Waals surface area (Å²) in [7, 11) is 0. The minimum Gasteiger partial charge on any atom is -0.350 e. The zero-order valence-electron chi connectivity index (χ0n) is 13.8. The zero-order chi connectivity index (χ0) is 17.3. The van der Waals surface area contributed by atoms with Crippen LogP contribution >= 0.6 is 0 Å². The van der Waals surface area contributed by atoms with Crippen molar-refractivity contribution >= 4 is 17.0 Å². The zero-order valence-corrected chi connectivity index (χ0v) is 13.8. The first-order chi connectivity index (χ1) is 11.5. The van der Waals surface area contributed by atoms with Crippen LogP contribution in [0.3, 0.4) is 0 Å². The summed E-state index contributed by atoms with van der Waals surface area (Å²) in [6.45, 7) is 5.68. The maximum Gasteiger partial charge on any atom is 0.259 e. The molecule has 1 aromatic carbocycles. The van der Waals surface area contributed by atoms with Crippen LogP contribution in [0.25, 0.3) is 22.4 Å². The molecule has 1 amide bonds. The molecule has 0 fully saturated rings. The number of benzene rings is 1. The number of nitrogens with one attached hydrogen (secondary N) is 1. The van der Waals surface area contributed by atoms with E-state index in [1.807, 2.05) is 13.8 Å². The van der Waals surface area contributed by atoms with Crippen LogP contribution in [0.4, 0.5) is 4.39 Å². The molecule has 0 aliphatic heterocycles. The van der Waals surface area contributed by atoms with Gasteiger partial charge in [0.15, 0.2) is 0 Å². The standard InChI is InChI=1S/C18H18FN3O2/c1-4-10(2)20-17(23)13-9-11(3)21-18-15(13)16(22-24-18)12-7-5-6-8-14(12)19/h5-10H,4H2,1-3H3,(H,20,23)/t10-/m0/s1. The molecule has 1 atom stereocenters. The Hall–Kier alpha value is -2.76. The molecular formula is C18H18FN3O2. The summed E-state index contributed by atoms with van der Waals surface area (Å²) in [6.07, 6.45) is 0.808. The second-order valence-corrected chi connectivity index (χ2v) is 5.79. The number of aryl methyl sites for hydroxylation is 1. The van der Waals surface area contributed by atoms with Gasteiger partial charge in [-0.05, 0) is 38.5 Å². The predicted octanol–water partition coefficient (Wildman–Crippen LogP) is 3.87. The Balaban J connectivity index is 2.20. The second kappa shape index (κ2) is 6.39. The van der Waals surface area contributed by atoms with Crippen LogP contribution in [0.2, 0.25) is 0 Å². The fourth-order valence-corrected chi connectivity index (χ4v) is 2.49. The van der Waals surface area contributed by atoms with Crippen molar-refractivity contribution in [3.05, 3.63) is 47.4 Å². The number of carbonyl (C=O) groups excluding carboxylic acids is 1. The van der Waals surface area contributed by atoms with Gasteiger partial charge in [-0.3, -0.25) is 4.79 Å². The molecule has 3 aromatic rings. The van der Waals surface area contributed by atoms with Crippen LogP contribution < -0.4 is 5.32 Å². The Morgan fingerprint density at radius 2 is 2.12 bits per heavy atom. The van der Waals surface area contributed by atoms with E-state index >= 15 is 0 Å². The smallest absolute Gasteiger partial charge is 0.259 e. The average molecular weight is 327 g/mol. The van der Waals surface area contributed by atoms with Gasteiger partial charge in [-0.15, -0.1) is 0 Å². The van der Waals surface area contributed by atoms with Crippen LogP contribution in [0.15, 0.2) is 34.9 Å². The van der Waals surface area contributed by atoms with Crippen molar-refractivity contribution in [2.75, 3.05) is 0 Å². The largest absolute Gasteiger partial charge is 0.350 e. The number of amides is 1. The molecule has 0 saturated heterocycles. The molecule has 124 valence electrons. The molecule has 1 N–H and O–H groups in total. The van der Waals surface area contributed by atoms with Crippen molar-refractivity contribution in [2.45, 2.75) is 33.2 Å². The lowest BCUT2D eigenvalue weighted by Gasteiger charge is -2.12. The number of carbonyl (C=O) groups is 1. The molecule has 0 bridgehead atoms. The summed E-state index contributed by atoms with van der Waals surface area (Å²) in [5.74, 6) is -0.679. The Kier molecular flexibility index (Phi) is 4.29. The maximum absolute atomic E-state index is 14.2. The second-order valence-electron chi connectivity index (χ2n) is 5.79. The number of halogens is 1. The molecular weight excluding hydrogens is 309 g/mol. The van der Waals surface area contributed by atoms with Gasteiger partial charge in [0.25, 0.3) is 11.6 Å². The summed E-state index contributed by atoms with van der Waals surface area (Å²) in [4.78, 5) is 16.9. The van der Waals surface area contributed by atoms with E-state index in [-0.39, 0.29) is 28.9 Å². The van der Waals surface area contributed by atoms with Crippen LogP contribution in [-0.4, -0.2) is 22.1 Å². The minimum atomic E-state index is -0.429. The van der Waals surface area contributed by atoms with Crippen LogP contribution in [-0.2, 0) is 0 Å². The van der Waals surface area contributed by atoms with E-state index < -0.39 is 5.82 Å². The average Bonchev–Trinajstić information content (AvgIpc) is 2.97. The molecule has 0 radical (unpaired) electrons. The summed E-state index contributed by atoms with van der Waals surface area (Å²) in [6, 6.07) is 7.94. The van der Waals surface area contributed by atoms with Crippen LogP contribution in [0.5, 0.6) is 0 Å². The van der Waals surface area contributed by atoms with E-state index in [1.165, 1.54) is 6.07 Å². The molecule has 2 aromatic heterocycles. The van der Waals surface area contributed by atoms with Crippen molar-refractivity contribution in [1.29, 1.82) is 0 Å². The van der Waals surface area contributed by atoms with Gasteiger partial charge in [-0.2, -0.15) is 0 Å². The van der Waals surface area contributed by atoms with Crippen LogP contribution in [0.1, 0.15) is 36.3 Å². The number of hydrogen-bond donors (Lipinski definition) is 1. The highest BCUT2D eigenvalue weighted by atomic mass is 19.1. The normalized spacial score (nSPS) is 12.3. The third-order valence-corrected chi connectivity index (χ3v) is 3.94. The molecule has 0 aliphatic carbocycles. The van der Waals surface area contributed by atoms with Crippen molar-refractivity contribution in [3.63, 3.8) is 0 Å². The van der Waals surface area contributed by atoms with E-state index in [0.29, 0.717) is 16.6 Å². The molecule has 3 rings (SSSR count). The highest BCUT2D eigenvalue weighted by molar-refractivity contribution is 6.09. The fraction of sp³-hybridized carbons (Fsp3) is 0.278. The van der Waals surface area contributed by atoms with Gasteiger partial charge in [-0.25, -0.2) is 9.37 Å². The molecule has 6 heteroatoms. The molecule has 24 heavy (non-hydrogen) atoms.